The molecular formula is C6H8F4O3. The van der Waals surface area contributed by atoms with E-state index in [1.165, 1.54) is 6.92 Å². The van der Waals surface area contributed by atoms with Crippen molar-refractivity contribution in [3.63, 3.8) is 0 Å². The molecule has 3 nitrogen and oxygen atoms in total. The Morgan fingerprint density at radius 2 is 1.77 bits per heavy atom. The van der Waals surface area contributed by atoms with E-state index in [-0.39, 0.29) is 13.5 Å². The third-order valence-electron chi connectivity index (χ3n) is 1.04. The Bertz CT molecular complexity index is 187. The summed E-state index contributed by atoms with van der Waals surface area (Å²) in [4.78, 5) is 10.3. The third kappa shape index (κ3) is 3.47. The van der Waals surface area contributed by atoms with E-state index < -0.39 is 18.2 Å². The summed E-state index contributed by atoms with van der Waals surface area (Å²) in [6, 6.07) is 0. The Morgan fingerprint density at radius 3 is 2.08 bits per heavy atom. The Labute approximate surface area is 71.6 Å². The van der Waals surface area contributed by atoms with Gasteiger partial charge in [-0.1, -0.05) is 0 Å². The lowest BCUT2D eigenvalue weighted by atomic mass is 10.3. The summed E-state index contributed by atoms with van der Waals surface area (Å²) in [5.41, 5.74) is 0. The molecule has 0 bridgehead atoms. The van der Waals surface area contributed by atoms with Gasteiger partial charge in [-0.2, -0.15) is 17.6 Å². The van der Waals surface area contributed by atoms with Crippen LogP contribution in [0.2, 0.25) is 0 Å². The molecule has 1 atom stereocenters. The number of alkyl halides is 4. The number of carbonyl (C=O) groups excluding carboxylic acids is 1. The smallest absolute Gasteiger partial charge is 0.435 e. The van der Waals surface area contributed by atoms with Gasteiger partial charge in [0.25, 0.3) is 0 Å². The highest BCUT2D eigenvalue weighted by Gasteiger charge is 2.56. The van der Waals surface area contributed by atoms with Crippen LogP contribution in [-0.4, -0.2) is 24.8 Å². The Hall–Kier alpha value is -1.01. The number of ether oxygens (including phenoxy) is 2. The number of halogens is 4. The summed E-state index contributed by atoms with van der Waals surface area (Å²) in [5, 5.41) is 0. The molecule has 0 aliphatic carbocycles. The van der Waals surface area contributed by atoms with Crippen molar-refractivity contribution in [2.45, 2.75) is 25.9 Å². The van der Waals surface area contributed by atoms with E-state index in [9.17, 15) is 22.4 Å². The summed E-state index contributed by atoms with van der Waals surface area (Å²) in [5.74, 6) is -4.01. The van der Waals surface area contributed by atoms with Gasteiger partial charge in [-0.3, -0.25) is 0 Å². The molecule has 7 heteroatoms. The topological polar surface area (TPSA) is 35.5 Å². The molecule has 0 aromatic heterocycles. The Morgan fingerprint density at radius 1 is 1.31 bits per heavy atom. The lowest BCUT2D eigenvalue weighted by Gasteiger charge is -2.22. The minimum absolute atomic E-state index is 0.0872. The molecule has 1 unspecified atom stereocenters. The monoisotopic (exact) mass is 204 g/mol. The molecule has 0 aliphatic rings. The minimum atomic E-state index is -5.26. The number of rotatable bonds is 2. The fourth-order valence-electron chi connectivity index (χ4n) is 0.362. The van der Waals surface area contributed by atoms with Gasteiger partial charge in [-0.25, -0.2) is 4.79 Å². The fourth-order valence-corrected chi connectivity index (χ4v) is 0.362. The molecule has 0 N–H and O–H groups in total. The predicted molar refractivity (Wildman–Crippen MR) is 33.7 cm³/mol. The van der Waals surface area contributed by atoms with Crippen LogP contribution in [0, 0.1) is 0 Å². The zero-order valence-corrected chi connectivity index (χ0v) is 6.94. The molecule has 0 aliphatic heterocycles. The van der Waals surface area contributed by atoms with Crippen molar-refractivity contribution in [1.82, 2.24) is 0 Å². The van der Waals surface area contributed by atoms with Crippen molar-refractivity contribution >= 4 is 6.16 Å². The maximum atomic E-state index is 12.5. The Balaban J connectivity index is 4.26. The fraction of sp³-hybridized carbons (Fsp3) is 0.833. The summed E-state index contributed by atoms with van der Waals surface area (Å²) < 4.78 is 55.1. The molecule has 78 valence electrons. The van der Waals surface area contributed by atoms with Crippen molar-refractivity contribution in [3.05, 3.63) is 0 Å². The first-order valence-electron chi connectivity index (χ1n) is 3.32. The number of hydrogen-bond acceptors (Lipinski definition) is 3. The van der Waals surface area contributed by atoms with E-state index in [1.807, 2.05) is 0 Å². The van der Waals surface area contributed by atoms with Crippen molar-refractivity contribution in [3.8, 4) is 0 Å². The molecule has 0 fully saturated rings. The van der Waals surface area contributed by atoms with Crippen LogP contribution in [0.1, 0.15) is 13.8 Å². The quantitative estimate of drug-likeness (QED) is 0.511. The molecule has 0 saturated carbocycles. The van der Waals surface area contributed by atoms with Crippen molar-refractivity contribution in [1.29, 1.82) is 0 Å². The predicted octanol–water partition coefficient (Wildman–Crippen LogP) is 2.41. The van der Waals surface area contributed by atoms with Gasteiger partial charge in [0.1, 0.15) is 0 Å². The molecule has 0 radical (unpaired) electrons. The van der Waals surface area contributed by atoms with Crippen molar-refractivity contribution < 1.29 is 31.8 Å². The van der Waals surface area contributed by atoms with Crippen molar-refractivity contribution in [2.75, 3.05) is 6.61 Å². The molecule has 0 amide bonds. The highest BCUT2D eigenvalue weighted by Crippen LogP contribution is 2.34. The van der Waals surface area contributed by atoms with Crippen LogP contribution in [0.5, 0.6) is 0 Å². The van der Waals surface area contributed by atoms with Crippen LogP contribution in [0.15, 0.2) is 0 Å². The average molecular weight is 204 g/mol. The first-order valence-corrected chi connectivity index (χ1v) is 3.32. The number of carbonyl (C=O) groups is 1. The summed E-state index contributed by atoms with van der Waals surface area (Å²) >= 11 is 0. The van der Waals surface area contributed by atoms with Gasteiger partial charge >= 0.3 is 18.2 Å². The van der Waals surface area contributed by atoms with Crippen LogP contribution >= 0.6 is 0 Å². The van der Waals surface area contributed by atoms with E-state index >= 15 is 0 Å². The van der Waals surface area contributed by atoms with Gasteiger partial charge in [0, 0.05) is 6.92 Å². The molecule has 0 heterocycles. The SMILES string of the molecule is CCOC(=O)OC(C)(F)C(F)(F)F. The lowest BCUT2D eigenvalue weighted by Crippen LogP contribution is -2.42. The van der Waals surface area contributed by atoms with Gasteiger partial charge in [0.15, 0.2) is 0 Å². The number of hydrogen-bond donors (Lipinski definition) is 0. The van der Waals surface area contributed by atoms with Gasteiger partial charge in [-0.15, -0.1) is 0 Å². The molecule has 0 saturated heterocycles. The van der Waals surface area contributed by atoms with E-state index in [0.717, 1.165) is 0 Å². The van der Waals surface area contributed by atoms with Gasteiger partial charge in [0.05, 0.1) is 6.61 Å². The normalized spacial score (nSPS) is 16.2. The van der Waals surface area contributed by atoms with Crippen LogP contribution < -0.4 is 0 Å². The van der Waals surface area contributed by atoms with E-state index in [1.54, 1.807) is 0 Å². The highest BCUT2D eigenvalue weighted by atomic mass is 19.4. The maximum Gasteiger partial charge on any atom is 0.511 e. The summed E-state index contributed by atoms with van der Waals surface area (Å²) in [6.45, 7) is 1.25. The lowest BCUT2D eigenvalue weighted by molar-refractivity contribution is -0.308. The molecule has 0 aromatic rings. The van der Waals surface area contributed by atoms with E-state index in [2.05, 4.69) is 9.47 Å². The van der Waals surface area contributed by atoms with Gasteiger partial charge in [-0.05, 0) is 6.92 Å². The first-order chi connectivity index (χ1) is 5.70. The van der Waals surface area contributed by atoms with Crippen LogP contribution in [0.25, 0.3) is 0 Å². The van der Waals surface area contributed by atoms with Gasteiger partial charge < -0.3 is 9.47 Å². The molecular weight excluding hydrogens is 196 g/mol. The average Bonchev–Trinajstić information content (AvgIpc) is 1.83. The van der Waals surface area contributed by atoms with Crippen LogP contribution in [0.4, 0.5) is 22.4 Å². The summed E-state index contributed by atoms with van der Waals surface area (Å²) in [6.07, 6.45) is -6.95. The second-order valence-electron chi connectivity index (χ2n) is 2.20. The van der Waals surface area contributed by atoms with Crippen molar-refractivity contribution in [2.24, 2.45) is 0 Å². The second kappa shape index (κ2) is 3.80. The highest BCUT2D eigenvalue weighted by molar-refractivity contribution is 5.60. The van der Waals surface area contributed by atoms with Crippen LogP contribution in [-0.2, 0) is 9.47 Å². The molecule has 13 heavy (non-hydrogen) atoms. The molecule has 0 aromatic carbocycles. The van der Waals surface area contributed by atoms with E-state index in [0.29, 0.717) is 0 Å². The largest absolute Gasteiger partial charge is 0.511 e. The molecule has 0 spiro atoms. The standard InChI is InChI=1S/C6H8F4O3/c1-3-12-4(11)13-5(2,7)6(8,9)10/h3H2,1-2H3. The Kier molecular flexibility index (Phi) is 3.50. The maximum absolute atomic E-state index is 12.5. The van der Waals surface area contributed by atoms with Gasteiger partial charge in [0.2, 0.25) is 0 Å². The summed E-state index contributed by atoms with van der Waals surface area (Å²) in [7, 11) is 0. The molecule has 0 rings (SSSR count). The van der Waals surface area contributed by atoms with Crippen LogP contribution in [0.3, 0.4) is 0 Å². The zero-order chi connectivity index (χ0) is 10.7. The first kappa shape index (κ1) is 12.0. The minimum Gasteiger partial charge on any atom is -0.435 e. The zero-order valence-electron chi connectivity index (χ0n) is 6.94. The third-order valence-corrected chi connectivity index (χ3v) is 1.04. The second-order valence-corrected chi connectivity index (χ2v) is 2.20. The van der Waals surface area contributed by atoms with E-state index in [4.69, 9.17) is 0 Å².